The lowest BCUT2D eigenvalue weighted by atomic mass is 10.1. The number of allylic oxidation sites excluding steroid dienone is 1. The molecule has 1 atom stereocenters. The molecule has 6 rings (SSSR count). The number of aryl methyl sites for hydroxylation is 1. The van der Waals surface area contributed by atoms with E-state index in [-0.39, 0.29) is 17.1 Å². The van der Waals surface area contributed by atoms with Gasteiger partial charge in [0.25, 0.3) is 11.5 Å². The van der Waals surface area contributed by atoms with Crippen LogP contribution >= 0.6 is 0 Å². The quantitative estimate of drug-likeness (QED) is 0.308. The summed E-state index contributed by atoms with van der Waals surface area (Å²) in [5.74, 6) is 6.04. The molecule has 1 aliphatic heterocycles. The molecule has 2 aromatic carbocycles. The first kappa shape index (κ1) is 27.3. The Labute approximate surface area is 246 Å². The predicted molar refractivity (Wildman–Crippen MR) is 165 cm³/mol. The molecule has 212 valence electrons. The van der Waals surface area contributed by atoms with Gasteiger partial charge in [-0.05, 0) is 38.1 Å². The number of hydrogen-bond donors (Lipinski definition) is 2. The van der Waals surface area contributed by atoms with Gasteiger partial charge in [-0.2, -0.15) is 5.10 Å². The van der Waals surface area contributed by atoms with Crippen LogP contribution in [0.3, 0.4) is 0 Å². The maximum atomic E-state index is 14.2. The van der Waals surface area contributed by atoms with E-state index in [1.807, 2.05) is 50.4 Å². The molecular formula is C32H27N9O2. The van der Waals surface area contributed by atoms with Crippen molar-refractivity contribution >= 4 is 34.5 Å². The normalized spacial score (nSPS) is 13.0. The Morgan fingerprint density at radius 1 is 1.05 bits per heavy atom. The third kappa shape index (κ3) is 5.17. The highest BCUT2D eigenvalue weighted by Crippen LogP contribution is 2.22. The molecule has 43 heavy (non-hydrogen) atoms. The minimum Gasteiger partial charge on any atom is -0.382 e. The van der Waals surface area contributed by atoms with Gasteiger partial charge in [0.15, 0.2) is 11.5 Å². The molecule has 11 heteroatoms. The standard InChI is InChI=1S/C32H27N9O2/c1-19(37-31(42)28-29(33)35-18-26(38-28)24-13-8-16-34-24)30-39-25-12-7-9-21(14-15-22-17-36-40(3)20(22)2)27(25)32(43)41(30)23-10-5-4-6-11-23/h4-7,9-13,16-19H,8H2,1-3H3,(H2,33,35)(H,37,42)/t19-/m0/s1. The zero-order chi connectivity index (χ0) is 30.1. The second-order valence-electron chi connectivity index (χ2n) is 9.98. The van der Waals surface area contributed by atoms with Crippen LogP contribution in [0.15, 0.2) is 76.8 Å². The monoisotopic (exact) mass is 569 g/mol. The van der Waals surface area contributed by atoms with Gasteiger partial charge in [-0.3, -0.25) is 23.8 Å². The summed E-state index contributed by atoms with van der Waals surface area (Å²) < 4.78 is 3.24. The summed E-state index contributed by atoms with van der Waals surface area (Å²) in [5, 5.41) is 7.52. The molecule has 3 aromatic heterocycles. The van der Waals surface area contributed by atoms with Crippen molar-refractivity contribution in [2.75, 3.05) is 5.73 Å². The fraction of sp³-hybridized carbons (Fsp3) is 0.156. The van der Waals surface area contributed by atoms with E-state index in [2.05, 4.69) is 37.2 Å². The summed E-state index contributed by atoms with van der Waals surface area (Å²) in [6.07, 6.45) is 7.50. The highest BCUT2D eigenvalue weighted by atomic mass is 16.2. The number of nitrogens with two attached hydrogens (primary N) is 1. The van der Waals surface area contributed by atoms with E-state index in [9.17, 15) is 9.59 Å². The number of nitrogens with zero attached hydrogens (tertiary/aromatic N) is 7. The maximum absolute atomic E-state index is 14.2. The first-order valence-electron chi connectivity index (χ1n) is 13.6. The Morgan fingerprint density at radius 2 is 1.84 bits per heavy atom. The molecule has 0 bridgehead atoms. The molecule has 0 aliphatic carbocycles. The van der Waals surface area contributed by atoms with Crippen molar-refractivity contribution in [2.24, 2.45) is 12.0 Å². The van der Waals surface area contributed by atoms with Crippen LogP contribution in [-0.4, -0.2) is 41.4 Å². The highest BCUT2D eigenvalue weighted by molar-refractivity contribution is 5.97. The van der Waals surface area contributed by atoms with Gasteiger partial charge in [0.05, 0.1) is 52.0 Å². The van der Waals surface area contributed by atoms with Crippen LogP contribution in [0.25, 0.3) is 22.3 Å². The molecule has 0 saturated carbocycles. The molecule has 0 radical (unpaired) electrons. The number of carbonyl (C=O) groups excluding carboxylic acids is 1. The van der Waals surface area contributed by atoms with Crippen molar-refractivity contribution in [3.05, 3.63) is 111 Å². The lowest BCUT2D eigenvalue weighted by Crippen LogP contribution is -2.34. The maximum Gasteiger partial charge on any atom is 0.274 e. The van der Waals surface area contributed by atoms with Crippen molar-refractivity contribution < 1.29 is 4.79 Å². The van der Waals surface area contributed by atoms with Gasteiger partial charge < -0.3 is 11.1 Å². The van der Waals surface area contributed by atoms with Gasteiger partial charge in [-0.1, -0.05) is 42.2 Å². The number of para-hydroxylation sites is 1. The van der Waals surface area contributed by atoms with E-state index in [0.29, 0.717) is 45.8 Å². The molecule has 0 spiro atoms. The second kappa shape index (κ2) is 11.2. The number of nitrogen functional groups attached to an aromatic ring is 1. The molecule has 11 nitrogen and oxygen atoms in total. The fourth-order valence-electron chi connectivity index (χ4n) is 4.78. The number of hydrogen-bond acceptors (Lipinski definition) is 8. The number of fused-ring (bicyclic) bond motifs is 1. The fourth-order valence-corrected chi connectivity index (χ4v) is 4.78. The number of aromatic nitrogens is 6. The number of rotatable bonds is 5. The van der Waals surface area contributed by atoms with Crippen LogP contribution in [0.4, 0.5) is 5.82 Å². The van der Waals surface area contributed by atoms with Gasteiger partial charge in [-0.15, -0.1) is 0 Å². The number of anilines is 1. The van der Waals surface area contributed by atoms with E-state index in [1.54, 1.807) is 42.2 Å². The average Bonchev–Trinajstić information content (AvgIpc) is 3.66. The Hall–Kier alpha value is -5.89. The van der Waals surface area contributed by atoms with Gasteiger partial charge in [0.1, 0.15) is 11.5 Å². The number of carbonyl (C=O) groups is 1. The molecule has 0 fully saturated rings. The van der Waals surface area contributed by atoms with Crippen LogP contribution in [0, 0.1) is 18.8 Å². The largest absolute Gasteiger partial charge is 0.382 e. The summed E-state index contributed by atoms with van der Waals surface area (Å²) in [7, 11) is 1.85. The van der Waals surface area contributed by atoms with E-state index in [4.69, 9.17) is 10.7 Å². The number of nitrogens with one attached hydrogen (secondary N) is 1. The third-order valence-electron chi connectivity index (χ3n) is 7.17. The molecule has 0 unspecified atom stereocenters. The molecular weight excluding hydrogens is 542 g/mol. The van der Waals surface area contributed by atoms with Crippen LogP contribution in [0.1, 0.15) is 58.2 Å². The van der Waals surface area contributed by atoms with Crippen molar-refractivity contribution in [2.45, 2.75) is 26.3 Å². The van der Waals surface area contributed by atoms with E-state index in [0.717, 1.165) is 11.3 Å². The minimum absolute atomic E-state index is 0.0185. The number of aliphatic imine (C=N–C) groups is 1. The molecule has 5 aromatic rings. The second-order valence-corrected chi connectivity index (χ2v) is 9.98. The Morgan fingerprint density at radius 3 is 2.56 bits per heavy atom. The lowest BCUT2D eigenvalue weighted by Gasteiger charge is -2.20. The molecule has 4 heterocycles. The first-order chi connectivity index (χ1) is 20.8. The predicted octanol–water partition coefficient (Wildman–Crippen LogP) is 3.51. The molecule has 0 saturated heterocycles. The summed E-state index contributed by atoms with van der Waals surface area (Å²) in [5.41, 5.74) is 10.0. The average molecular weight is 570 g/mol. The zero-order valence-electron chi connectivity index (χ0n) is 23.7. The number of benzene rings is 2. The molecule has 1 amide bonds. The SMILES string of the molecule is Cc1c(C#Cc2cccc3nc([C@H](C)NC(=O)c4nc(C5=CCC=N5)cnc4N)n(-c4ccccc4)c(=O)c23)cnn1C. The molecule has 1 aliphatic rings. The Bertz CT molecular complexity index is 2080. The third-order valence-corrected chi connectivity index (χ3v) is 7.17. The minimum atomic E-state index is -0.717. The van der Waals surface area contributed by atoms with Crippen LogP contribution in [0.5, 0.6) is 0 Å². The first-order valence-corrected chi connectivity index (χ1v) is 13.6. The highest BCUT2D eigenvalue weighted by Gasteiger charge is 2.23. The van der Waals surface area contributed by atoms with Gasteiger partial charge >= 0.3 is 0 Å². The summed E-state index contributed by atoms with van der Waals surface area (Å²) in [4.78, 5) is 45.4. The summed E-state index contributed by atoms with van der Waals surface area (Å²) in [6.45, 7) is 3.68. The smallest absolute Gasteiger partial charge is 0.274 e. The van der Waals surface area contributed by atoms with Crippen molar-refractivity contribution in [1.29, 1.82) is 0 Å². The van der Waals surface area contributed by atoms with E-state index < -0.39 is 11.9 Å². The Balaban J connectivity index is 1.44. The van der Waals surface area contributed by atoms with Gasteiger partial charge in [-0.25, -0.2) is 15.0 Å². The topological polar surface area (TPSA) is 146 Å². The number of amides is 1. The Kier molecular flexibility index (Phi) is 7.09. The zero-order valence-corrected chi connectivity index (χ0v) is 23.7. The van der Waals surface area contributed by atoms with E-state index in [1.165, 1.54) is 10.8 Å². The van der Waals surface area contributed by atoms with Crippen LogP contribution in [0.2, 0.25) is 0 Å². The van der Waals surface area contributed by atoms with Gasteiger partial charge in [0, 0.05) is 25.2 Å². The van der Waals surface area contributed by atoms with Gasteiger partial charge in [0.2, 0.25) is 0 Å². The molecule has 3 N–H and O–H groups in total. The van der Waals surface area contributed by atoms with Crippen molar-refractivity contribution in [1.82, 2.24) is 34.6 Å². The van der Waals surface area contributed by atoms with Crippen LogP contribution < -0.4 is 16.6 Å². The lowest BCUT2D eigenvalue weighted by molar-refractivity contribution is 0.0933. The van der Waals surface area contributed by atoms with Crippen LogP contribution in [-0.2, 0) is 7.05 Å². The van der Waals surface area contributed by atoms with E-state index >= 15 is 0 Å². The van der Waals surface area contributed by atoms with Crippen molar-refractivity contribution in [3.8, 4) is 17.5 Å². The van der Waals surface area contributed by atoms with Crippen molar-refractivity contribution in [3.63, 3.8) is 0 Å². The summed E-state index contributed by atoms with van der Waals surface area (Å²) in [6, 6.07) is 13.8. The summed E-state index contributed by atoms with van der Waals surface area (Å²) >= 11 is 0.